The number of halogens is 6. The van der Waals surface area contributed by atoms with Gasteiger partial charge in [0.05, 0.1) is 54.8 Å². The van der Waals surface area contributed by atoms with E-state index in [-0.39, 0.29) is 37.9 Å². The van der Waals surface area contributed by atoms with Crippen LogP contribution in [0.3, 0.4) is 0 Å². The smallest absolute Gasteiger partial charge is 0.423 e. The van der Waals surface area contributed by atoms with E-state index in [1.165, 1.54) is 0 Å². The lowest BCUT2D eigenvalue weighted by atomic mass is 9.77. The molecule has 1 amide bonds. The number of fused-ring (bicyclic) bond motifs is 2. The first kappa shape index (κ1) is 27.7. The number of alkyl halides is 6. The van der Waals surface area contributed by atoms with Crippen LogP contribution in [-0.4, -0.2) is 64.9 Å². The number of aromatic amines is 1. The number of likely N-dealkylation sites (tertiary alicyclic amines) is 1. The molecule has 0 unspecified atom stereocenters. The first-order chi connectivity index (χ1) is 17.8. The summed E-state index contributed by atoms with van der Waals surface area (Å²) in [5.74, 6) is -0.0629. The fraction of sp³-hybridized carbons (Fsp3) is 0.565. The summed E-state index contributed by atoms with van der Waals surface area (Å²) in [6.45, 7) is 2.50. The second-order valence-corrected chi connectivity index (χ2v) is 9.37. The Bertz CT molecular complexity index is 1220. The van der Waals surface area contributed by atoms with Gasteiger partial charge in [-0.2, -0.15) is 31.4 Å². The van der Waals surface area contributed by atoms with E-state index < -0.39 is 46.2 Å². The molecular weight excluding hydrogens is 524 g/mol. The van der Waals surface area contributed by atoms with Gasteiger partial charge in [0.1, 0.15) is 11.3 Å². The summed E-state index contributed by atoms with van der Waals surface area (Å²) < 4.78 is 89.3. The number of nitrogens with zero attached hydrogens (tertiary/aromatic N) is 3. The topological polar surface area (TPSA) is 109 Å². The molecular formula is C23H25F6N5O4. The van der Waals surface area contributed by atoms with Gasteiger partial charge < -0.3 is 19.7 Å². The van der Waals surface area contributed by atoms with Gasteiger partial charge in [0.2, 0.25) is 5.91 Å². The molecule has 0 bridgehead atoms. The van der Waals surface area contributed by atoms with E-state index in [2.05, 4.69) is 15.4 Å². The van der Waals surface area contributed by atoms with E-state index in [4.69, 9.17) is 9.47 Å². The number of amides is 1. The lowest BCUT2D eigenvalue weighted by Crippen LogP contribution is -2.46. The zero-order valence-corrected chi connectivity index (χ0v) is 20.2. The van der Waals surface area contributed by atoms with Crippen LogP contribution in [0.2, 0.25) is 0 Å². The number of H-pyrrole nitrogens is 1. The van der Waals surface area contributed by atoms with Gasteiger partial charge in [-0.1, -0.05) is 0 Å². The lowest BCUT2D eigenvalue weighted by Gasteiger charge is -2.38. The second kappa shape index (κ2) is 10.4. The fourth-order valence-electron chi connectivity index (χ4n) is 4.63. The van der Waals surface area contributed by atoms with Crippen LogP contribution >= 0.6 is 0 Å². The average Bonchev–Trinajstić information content (AvgIpc) is 3.18. The van der Waals surface area contributed by atoms with Crippen molar-refractivity contribution in [2.75, 3.05) is 38.2 Å². The normalized spacial score (nSPS) is 17.7. The first-order valence-electron chi connectivity index (χ1n) is 11.8. The van der Waals surface area contributed by atoms with Gasteiger partial charge in [-0.05, 0) is 25.8 Å². The maximum atomic E-state index is 13.1. The third kappa shape index (κ3) is 5.87. The molecule has 2 aromatic rings. The highest BCUT2D eigenvalue weighted by Crippen LogP contribution is 2.46. The van der Waals surface area contributed by atoms with E-state index in [0.29, 0.717) is 31.6 Å². The summed E-state index contributed by atoms with van der Waals surface area (Å²) in [6.07, 6.45) is -6.71. The molecule has 2 aliphatic rings. The van der Waals surface area contributed by atoms with E-state index in [9.17, 15) is 35.9 Å². The molecule has 0 saturated carbocycles. The molecule has 1 spiro atoms. The van der Waals surface area contributed by atoms with Crippen molar-refractivity contribution >= 4 is 11.6 Å². The molecule has 4 rings (SSSR count). The van der Waals surface area contributed by atoms with Gasteiger partial charge in [-0.3, -0.25) is 14.6 Å². The van der Waals surface area contributed by atoms with Crippen LogP contribution < -0.4 is 15.6 Å². The van der Waals surface area contributed by atoms with Crippen LogP contribution in [-0.2, 0) is 27.3 Å². The van der Waals surface area contributed by atoms with Gasteiger partial charge in [-0.25, -0.2) is 5.10 Å². The maximum Gasteiger partial charge on any atom is 0.423 e. The van der Waals surface area contributed by atoms with E-state index in [1.54, 1.807) is 16.9 Å². The first-order valence-corrected chi connectivity index (χ1v) is 11.8. The van der Waals surface area contributed by atoms with Crippen LogP contribution in [0.25, 0.3) is 0 Å². The number of hydrogen-bond donors (Lipinski definition) is 2. The standard InChI is InChI=1S/C23H25F6N5O4/c1-13(32-15-10-31-33-20(36)18(15)23(27,28)29)11-37-7-2-17(35)34-5-3-21(4-6-34)12-38-16-8-14(22(24,25)26)9-30-19(16)21/h8-10,13H,2-7,11-12H2,1H3,(H2,32,33,36)/t13-/m1/s1. The Morgan fingerprint density at radius 1 is 1.21 bits per heavy atom. The number of nitrogens with one attached hydrogen (secondary N) is 2. The SMILES string of the molecule is C[C@H](COCCC(=O)N1CCC2(CC1)COc1cc(C(F)(F)F)cnc12)Nc1cn[nH]c(=O)c1C(F)(F)F. The Morgan fingerprint density at radius 2 is 1.92 bits per heavy atom. The van der Waals surface area contributed by atoms with Crippen LogP contribution in [0.15, 0.2) is 23.3 Å². The Kier molecular flexibility index (Phi) is 7.59. The number of rotatable bonds is 7. The Hall–Kier alpha value is -3.36. The number of hydrogen-bond acceptors (Lipinski definition) is 7. The minimum Gasteiger partial charge on any atom is -0.491 e. The number of carbonyl (C=O) groups is 1. The molecule has 1 fully saturated rings. The molecule has 1 saturated heterocycles. The van der Waals surface area contributed by atoms with Crippen molar-refractivity contribution in [3.05, 3.63) is 45.6 Å². The summed E-state index contributed by atoms with van der Waals surface area (Å²) >= 11 is 0. The number of pyridine rings is 1. The Balaban J connectivity index is 1.23. The summed E-state index contributed by atoms with van der Waals surface area (Å²) in [6, 6.07) is 0.343. The highest BCUT2D eigenvalue weighted by Gasteiger charge is 2.46. The number of carbonyl (C=O) groups excluding carboxylic acids is 1. The average molecular weight is 549 g/mol. The summed E-state index contributed by atoms with van der Waals surface area (Å²) in [4.78, 5) is 29.8. The minimum absolute atomic E-state index is 0.0276. The molecule has 208 valence electrons. The predicted octanol–water partition coefficient (Wildman–Crippen LogP) is 3.36. The van der Waals surface area contributed by atoms with Crippen molar-refractivity contribution in [3.63, 3.8) is 0 Å². The highest BCUT2D eigenvalue weighted by molar-refractivity contribution is 5.76. The van der Waals surface area contributed by atoms with Crippen LogP contribution in [0, 0.1) is 0 Å². The molecule has 0 aromatic carbocycles. The molecule has 0 aliphatic carbocycles. The molecule has 4 heterocycles. The number of ether oxygens (including phenoxy) is 2. The predicted molar refractivity (Wildman–Crippen MR) is 121 cm³/mol. The maximum absolute atomic E-state index is 13.1. The van der Waals surface area contributed by atoms with Crippen LogP contribution in [0.4, 0.5) is 32.0 Å². The van der Waals surface area contributed by atoms with Crippen molar-refractivity contribution in [3.8, 4) is 5.75 Å². The van der Waals surface area contributed by atoms with Crippen LogP contribution in [0.1, 0.15) is 43.0 Å². The third-order valence-corrected chi connectivity index (χ3v) is 6.63. The van der Waals surface area contributed by atoms with Crippen molar-refractivity contribution in [1.29, 1.82) is 0 Å². The second-order valence-electron chi connectivity index (χ2n) is 9.37. The quantitative estimate of drug-likeness (QED) is 0.403. The number of piperidine rings is 1. The molecule has 9 nitrogen and oxygen atoms in total. The largest absolute Gasteiger partial charge is 0.491 e. The van der Waals surface area contributed by atoms with Gasteiger partial charge in [0, 0.05) is 25.3 Å². The summed E-state index contributed by atoms with van der Waals surface area (Å²) in [5.41, 5.74) is -4.16. The van der Waals surface area contributed by atoms with Crippen LogP contribution in [0.5, 0.6) is 5.75 Å². The lowest BCUT2D eigenvalue weighted by molar-refractivity contribution is -0.138. The van der Waals surface area contributed by atoms with Crippen molar-refractivity contribution in [1.82, 2.24) is 20.1 Å². The van der Waals surface area contributed by atoms with Crippen molar-refractivity contribution in [2.24, 2.45) is 0 Å². The van der Waals surface area contributed by atoms with E-state index in [1.807, 2.05) is 0 Å². The minimum atomic E-state index is -4.87. The van der Waals surface area contributed by atoms with E-state index >= 15 is 0 Å². The molecule has 38 heavy (non-hydrogen) atoms. The summed E-state index contributed by atoms with van der Waals surface area (Å²) in [5, 5.41) is 7.70. The zero-order valence-electron chi connectivity index (χ0n) is 20.2. The van der Waals surface area contributed by atoms with Gasteiger partial charge in [0.25, 0.3) is 5.56 Å². The van der Waals surface area contributed by atoms with Gasteiger partial charge in [-0.15, -0.1) is 0 Å². The highest BCUT2D eigenvalue weighted by atomic mass is 19.4. The van der Waals surface area contributed by atoms with Gasteiger partial charge in [0.15, 0.2) is 0 Å². The van der Waals surface area contributed by atoms with Gasteiger partial charge >= 0.3 is 12.4 Å². The van der Waals surface area contributed by atoms with Crippen molar-refractivity contribution in [2.45, 2.75) is 50.0 Å². The number of anilines is 1. The molecule has 2 aromatic heterocycles. The molecule has 0 radical (unpaired) electrons. The Labute approximate surface area is 212 Å². The number of aromatic nitrogens is 3. The molecule has 2 aliphatic heterocycles. The summed E-state index contributed by atoms with van der Waals surface area (Å²) in [7, 11) is 0. The third-order valence-electron chi connectivity index (χ3n) is 6.63. The zero-order chi connectivity index (χ0) is 27.7. The molecule has 2 N–H and O–H groups in total. The molecule has 15 heteroatoms. The Morgan fingerprint density at radius 3 is 2.58 bits per heavy atom. The van der Waals surface area contributed by atoms with Crippen molar-refractivity contribution < 1.29 is 40.6 Å². The fourth-order valence-corrected chi connectivity index (χ4v) is 4.63. The van der Waals surface area contributed by atoms with E-state index in [0.717, 1.165) is 18.5 Å². The monoisotopic (exact) mass is 549 g/mol. The molecule has 1 atom stereocenters.